The van der Waals surface area contributed by atoms with E-state index in [1.54, 1.807) is 12.1 Å². The van der Waals surface area contributed by atoms with Gasteiger partial charge in [0.1, 0.15) is 6.04 Å². The van der Waals surface area contributed by atoms with Crippen molar-refractivity contribution in [2.75, 3.05) is 13.2 Å². The Morgan fingerprint density at radius 3 is 2.83 bits per heavy atom. The van der Waals surface area contributed by atoms with E-state index in [2.05, 4.69) is 5.32 Å². The molecule has 0 aromatic heterocycles. The van der Waals surface area contributed by atoms with Crippen LogP contribution in [0.15, 0.2) is 24.3 Å². The molecule has 0 aliphatic carbocycles. The Morgan fingerprint density at radius 2 is 2.22 bits per heavy atom. The van der Waals surface area contributed by atoms with Crippen LogP contribution < -0.4 is 10.1 Å². The highest BCUT2D eigenvalue weighted by atomic mass is 19.1. The molecule has 1 aromatic carbocycles. The SMILES string of the molecule is CCCNC(CCOc1ccccc1F)C(=O)O. The highest BCUT2D eigenvalue weighted by Gasteiger charge is 2.16. The molecule has 0 heterocycles. The average molecular weight is 255 g/mol. The third-order valence-electron chi connectivity index (χ3n) is 2.44. The summed E-state index contributed by atoms with van der Waals surface area (Å²) in [6, 6.07) is 5.41. The molecule has 0 bridgehead atoms. The molecule has 0 spiro atoms. The third kappa shape index (κ3) is 4.71. The number of carbonyl (C=O) groups is 1. The maximum atomic E-state index is 13.2. The van der Waals surface area contributed by atoms with Crippen LogP contribution in [0, 0.1) is 5.82 Å². The van der Waals surface area contributed by atoms with Crippen molar-refractivity contribution >= 4 is 5.97 Å². The van der Waals surface area contributed by atoms with Crippen molar-refractivity contribution in [3.05, 3.63) is 30.1 Å². The van der Waals surface area contributed by atoms with Gasteiger partial charge in [-0.05, 0) is 25.1 Å². The number of carboxylic acids is 1. The molecule has 4 nitrogen and oxygen atoms in total. The van der Waals surface area contributed by atoms with Gasteiger partial charge >= 0.3 is 5.97 Å². The minimum Gasteiger partial charge on any atom is -0.490 e. The number of hydrogen-bond acceptors (Lipinski definition) is 3. The molecule has 0 saturated heterocycles. The summed E-state index contributed by atoms with van der Waals surface area (Å²) in [5.74, 6) is -1.20. The zero-order valence-corrected chi connectivity index (χ0v) is 10.4. The monoisotopic (exact) mass is 255 g/mol. The van der Waals surface area contributed by atoms with Gasteiger partial charge in [-0.1, -0.05) is 19.1 Å². The van der Waals surface area contributed by atoms with Gasteiger partial charge in [-0.25, -0.2) is 4.39 Å². The molecule has 100 valence electrons. The van der Waals surface area contributed by atoms with Crippen LogP contribution in [-0.4, -0.2) is 30.3 Å². The van der Waals surface area contributed by atoms with Crippen LogP contribution in [0.2, 0.25) is 0 Å². The van der Waals surface area contributed by atoms with E-state index >= 15 is 0 Å². The molecule has 1 atom stereocenters. The first-order valence-corrected chi connectivity index (χ1v) is 5.98. The summed E-state index contributed by atoms with van der Waals surface area (Å²) in [5.41, 5.74) is 0. The van der Waals surface area contributed by atoms with E-state index in [4.69, 9.17) is 9.84 Å². The van der Waals surface area contributed by atoms with Crippen molar-refractivity contribution in [3.63, 3.8) is 0 Å². The highest BCUT2D eigenvalue weighted by molar-refractivity contribution is 5.73. The fourth-order valence-corrected chi connectivity index (χ4v) is 1.48. The molecule has 1 aromatic rings. The largest absolute Gasteiger partial charge is 0.490 e. The lowest BCUT2D eigenvalue weighted by molar-refractivity contribution is -0.139. The van der Waals surface area contributed by atoms with Gasteiger partial charge in [0.2, 0.25) is 0 Å². The first-order valence-electron chi connectivity index (χ1n) is 5.98. The van der Waals surface area contributed by atoms with Crippen LogP contribution in [-0.2, 0) is 4.79 Å². The first kappa shape index (κ1) is 14.4. The molecule has 18 heavy (non-hydrogen) atoms. The molecule has 0 amide bonds. The molecular formula is C13H18FNO3. The van der Waals surface area contributed by atoms with Crippen LogP contribution in [0.3, 0.4) is 0 Å². The van der Waals surface area contributed by atoms with Crippen LogP contribution in [0.5, 0.6) is 5.75 Å². The maximum Gasteiger partial charge on any atom is 0.320 e. The molecule has 1 unspecified atom stereocenters. The van der Waals surface area contributed by atoms with Gasteiger partial charge in [0.15, 0.2) is 11.6 Å². The number of rotatable bonds is 8. The molecular weight excluding hydrogens is 237 g/mol. The second-order valence-electron chi connectivity index (χ2n) is 3.91. The first-order chi connectivity index (χ1) is 8.65. The number of para-hydroxylation sites is 1. The van der Waals surface area contributed by atoms with Gasteiger partial charge in [0, 0.05) is 6.42 Å². The Morgan fingerprint density at radius 1 is 1.50 bits per heavy atom. The zero-order valence-electron chi connectivity index (χ0n) is 10.4. The van der Waals surface area contributed by atoms with Gasteiger partial charge in [0.25, 0.3) is 0 Å². The van der Waals surface area contributed by atoms with Gasteiger partial charge in [-0.3, -0.25) is 4.79 Å². The van der Waals surface area contributed by atoms with Gasteiger partial charge < -0.3 is 15.2 Å². The molecule has 1 rings (SSSR count). The summed E-state index contributed by atoms with van der Waals surface area (Å²) in [6.45, 7) is 2.76. The smallest absolute Gasteiger partial charge is 0.320 e. The van der Waals surface area contributed by atoms with E-state index in [1.165, 1.54) is 12.1 Å². The molecule has 0 aliphatic rings. The number of hydrogen-bond donors (Lipinski definition) is 2. The quantitative estimate of drug-likeness (QED) is 0.746. The molecule has 0 fully saturated rings. The molecule has 0 saturated carbocycles. The summed E-state index contributed by atoms with van der Waals surface area (Å²) >= 11 is 0. The molecule has 0 radical (unpaired) electrons. The number of nitrogens with one attached hydrogen (secondary N) is 1. The topological polar surface area (TPSA) is 58.6 Å². The van der Waals surface area contributed by atoms with Crippen LogP contribution >= 0.6 is 0 Å². The fourth-order valence-electron chi connectivity index (χ4n) is 1.48. The van der Waals surface area contributed by atoms with E-state index in [9.17, 15) is 9.18 Å². The lowest BCUT2D eigenvalue weighted by Crippen LogP contribution is -2.38. The van der Waals surface area contributed by atoms with Crippen LogP contribution in [0.25, 0.3) is 0 Å². The van der Waals surface area contributed by atoms with Crippen molar-refractivity contribution in [1.29, 1.82) is 0 Å². The maximum absolute atomic E-state index is 13.2. The van der Waals surface area contributed by atoms with Gasteiger partial charge in [-0.15, -0.1) is 0 Å². The third-order valence-corrected chi connectivity index (χ3v) is 2.44. The van der Waals surface area contributed by atoms with Crippen molar-refractivity contribution in [3.8, 4) is 5.75 Å². The predicted octanol–water partition coefficient (Wildman–Crippen LogP) is 2.05. The summed E-state index contributed by atoms with van der Waals surface area (Å²) in [5, 5.41) is 11.9. The Bertz CT molecular complexity index is 384. The van der Waals surface area contributed by atoms with Crippen LogP contribution in [0.1, 0.15) is 19.8 Å². The second kappa shape index (κ2) is 7.66. The van der Waals surface area contributed by atoms with E-state index in [0.29, 0.717) is 13.0 Å². The van der Waals surface area contributed by atoms with Crippen molar-refractivity contribution in [1.82, 2.24) is 5.32 Å². The lowest BCUT2D eigenvalue weighted by Gasteiger charge is -2.14. The van der Waals surface area contributed by atoms with Crippen molar-refractivity contribution in [2.45, 2.75) is 25.8 Å². The minimum atomic E-state index is -0.916. The fraction of sp³-hybridized carbons (Fsp3) is 0.462. The van der Waals surface area contributed by atoms with E-state index in [-0.39, 0.29) is 12.4 Å². The van der Waals surface area contributed by atoms with E-state index < -0.39 is 17.8 Å². The van der Waals surface area contributed by atoms with E-state index in [1.807, 2.05) is 6.92 Å². The number of halogens is 1. The summed E-state index contributed by atoms with van der Waals surface area (Å²) < 4.78 is 18.4. The average Bonchev–Trinajstić information content (AvgIpc) is 2.35. The number of aliphatic carboxylic acids is 1. The molecule has 5 heteroatoms. The summed E-state index contributed by atoms with van der Waals surface area (Å²) in [6.07, 6.45) is 1.15. The van der Waals surface area contributed by atoms with Crippen molar-refractivity contribution < 1.29 is 19.0 Å². The standard InChI is InChI=1S/C13H18FNO3/c1-2-8-15-11(13(16)17)7-9-18-12-6-4-3-5-10(12)14/h3-6,11,15H,2,7-9H2,1H3,(H,16,17). The Balaban J connectivity index is 2.39. The zero-order chi connectivity index (χ0) is 13.4. The number of benzene rings is 1. The molecule has 0 aliphatic heterocycles. The predicted molar refractivity (Wildman–Crippen MR) is 66.2 cm³/mol. The Hall–Kier alpha value is -1.62. The lowest BCUT2D eigenvalue weighted by atomic mass is 10.2. The minimum absolute atomic E-state index is 0.150. The van der Waals surface area contributed by atoms with Gasteiger partial charge in [-0.2, -0.15) is 0 Å². The second-order valence-corrected chi connectivity index (χ2v) is 3.91. The summed E-state index contributed by atoms with van der Waals surface area (Å²) in [4.78, 5) is 10.9. The van der Waals surface area contributed by atoms with Crippen LogP contribution in [0.4, 0.5) is 4.39 Å². The number of ether oxygens (including phenoxy) is 1. The summed E-state index contributed by atoms with van der Waals surface area (Å²) in [7, 11) is 0. The highest BCUT2D eigenvalue weighted by Crippen LogP contribution is 2.15. The molecule has 2 N–H and O–H groups in total. The van der Waals surface area contributed by atoms with E-state index in [0.717, 1.165) is 6.42 Å². The Kier molecular flexibility index (Phi) is 6.14. The number of carboxylic acid groups (broad SMARTS) is 1. The van der Waals surface area contributed by atoms with Gasteiger partial charge in [0.05, 0.1) is 6.61 Å². The van der Waals surface area contributed by atoms with Crippen molar-refractivity contribution in [2.24, 2.45) is 0 Å². The normalized spacial score (nSPS) is 12.1. The Labute approximate surface area is 106 Å².